The Balaban J connectivity index is 1.60. The van der Waals surface area contributed by atoms with Crippen molar-refractivity contribution < 1.29 is 24.3 Å². The van der Waals surface area contributed by atoms with Crippen LogP contribution in [-0.2, 0) is 17.0 Å². The number of hydrogen-bond acceptors (Lipinski definition) is 7. The van der Waals surface area contributed by atoms with Gasteiger partial charge in [0.05, 0.1) is 29.9 Å². The van der Waals surface area contributed by atoms with Gasteiger partial charge in [-0.1, -0.05) is 91.0 Å². The van der Waals surface area contributed by atoms with Crippen LogP contribution in [0.1, 0.15) is 22.3 Å². The van der Waals surface area contributed by atoms with Gasteiger partial charge in [-0.05, 0) is 22.8 Å². The van der Waals surface area contributed by atoms with Crippen molar-refractivity contribution in [2.75, 3.05) is 7.11 Å². The Hall–Kier alpha value is -5.02. The van der Waals surface area contributed by atoms with E-state index in [4.69, 9.17) is 9.47 Å². The lowest BCUT2D eigenvalue weighted by atomic mass is 9.85. The molecule has 0 atom stereocenters. The largest absolute Gasteiger partial charge is 0.493 e. The average Bonchev–Trinajstić information content (AvgIpc) is 2.96. The van der Waals surface area contributed by atoms with Gasteiger partial charge in [0, 0.05) is 0 Å². The molecule has 0 radical (unpaired) electrons. The fourth-order valence-corrected chi connectivity index (χ4v) is 3.86. The summed E-state index contributed by atoms with van der Waals surface area (Å²) in [6, 6.07) is 28.9. The Bertz CT molecular complexity index is 1390. The molecule has 192 valence electrons. The van der Waals surface area contributed by atoms with Crippen molar-refractivity contribution in [3.8, 4) is 11.5 Å². The minimum atomic E-state index is -2.04. The number of nitrogens with zero attached hydrogens (tertiary/aromatic N) is 2. The van der Waals surface area contributed by atoms with Gasteiger partial charge in [0.2, 0.25) is 0 Å². The quantitative estimate of drug-likeness (QED) is 0.183. The predicted molar refractivity (Wildman–Crippen MR) is 142 cm³/mol. The lowest BCUT2D eigenvalue weighted by Gasteiger charge is -2.27. The fourth-order valence-electron chi connectivity index (χ4n) is 3.86. The second-order valence-corrected chi connectivity index (χ2v) is 8.23. The van der Waals surface area contributed by atoms with E-state index in [2.05, 4.69) is 10.5 Å². The maximum atomic E-state index is 13.2. The van der Waals surface area contributed by atoms with Gasteiger partial charge in [-0.3, -0.25) is 14.9 Å². The van der Waals surface area contributed by atoms with Crippen LogP contribution in [0.25, 0.3) is 0 Å². The van der Waals surface area contributed by atoms with Gasteiger partial charge < -0.3 is 14.6 Å². The van der Waals surface area contributed by atoms with E-state index in [0.717, 1.165) is 11.8 Å². The van der Waals surface area contributed by atoms with Gasteiger partial charge in [-0.2, -0.15) is 5.10 Å². The van der Waals surface area contributed by atoms with Crippen LogP contribution >= 0.6 is 0 Å². The van der Waals surface area contributed by atoms with Crippen LogP contribution in [0, 0.1) is 10.1 Å². The molecule has 0 heterocycles. The van der Waals surface area contributed by atoms with Crippen LogP contribution in [0.3, 0.4) is 0 Å². The molecule has 9 heteroatoms. The summed E-state index contributed by atoms with van der Waals surface area (Å²) in [5.41, 5.74) is 1.61. The normalized spacial score (nSPS) is 11.2. The summed E-state index contributed by atoms with van der Waals surface area (Å²) in [7, 11) is 1.42. The zero-order chi connectivity index (χ0) is 27.0. The molecular weight excluding hydrogens is 486 g/mol. The molecule has 0 spiro atoms. The first-order valence-corrected chi connectivity index (χ1v) is 11.6. The van der Waals surface area contributed by atoms with Crippen LogP contribution in [0.4, 0.5) is 5.69 Å². The lowest BCUT2D eigenvalue weighted by molar-refractivity contribution is -0.385. The molecule has 0 aromatic heterocycles. The van der Waals surface area contributed by atoms with E-state index in [-0.39, 0.29) is 29.4 Å². The standard InChI is InChI=1S/C29H25N3O6/c1-37-26-17-22(25(32(35)36)18-27(26)38-20-21-11-5-2-6-12-21)19-30-31-28(33)29(34,23-13-7-3-8-14-23)24-15-9-4-10-16-24/h2-19,34H,20H2,1H3,(H,31,33)/b30-19-. The monoisotopic (exact) mass is 511 g/mol. The van der Waals surface area contributed by atoms with Crippen LogP contribution in [-0.4, -0.2) is 29.3 Å². The highest BCUT2D eigenvalue weighted by atomic mass is 16.6. The molecule has 0 saturated heterocycles. The number of methoxy groups -OCH3 is 1. The van der Waals surface area contributed by atoms with Crippen molar-refractivity contribution in [2.24, 2.45) is 5.10 Å². The third kappa shape index (κ3) is 5.69. The molecule has 2 N–H and O–H groups in total. The number of nitro benzene ring substituents is 1. The van der Waals surface area contributed by atoms with Gasteiger partial charge in [-0.15, -0.1) is 0 Å². The highest BCUT2D eigenvalue weighted by Crippen LogP contribution is 2.35. The van der Waals surface area contributed by atoms with E-state index >= 15 is 0 Å². The van der Waals surface area contributed by atoms with Gasteiger partial charge >= 0.3 is 0 Å². The minimum Gasteiger partial charge on any atom is -0.493 e. The van der Waals surface area contributed by atoms with Crippen LogP contribution < -0.4 is 14.9 Å². The van der Waals surface area contributed by atoms with Crippen LogP contribution in [0.15, 0.2) is 108 Å². The number of nitro groups is 1. The first kappa shape index (κ1) is 26.1. The molecule has 1 amide bonds. The Morgan fingerprint density at radius 1 is 0.947 bits per heavy atom. The number of benzene rings is 4. The number of hydrogen-bond donors (Lipinski definition) is 2. The minimum absolute atomic E-state index is 0.0715. The number of ether oxygens (including phenoxy) is 2. The van der Waals surface area contributed by atoms with Gasteiger partial charge in [0.15, 0.2) is 17.1 Å². The van der Waals surface area contributed by atoms with Gasteiger partial charge in [0.25, 0.3) is 11.6 Å². The summed E-state index contributed by atoms with van der Waals surface area (Å²) in [6.07, 6.45) is 1.12. The highest BCUT2D eigenvalue weighted by molar-refractivity contribution is 5.92. The predicted octanol–water partition coefficient (Wildman–Crippen LogP) is 4.57. The molecule has 0 fully saturated rings. The van der Waals surface area contributed by atoms with E-state index in [1.807, 2.05) is 30.3 Å². The van der Waals surface area contributed by atoms with E-state index < -0.39 is 16.4 Å². The molecule has 9 nitrogen and oxygen atoms in total. The third-order valence-electron chi connectivity index (χ3n) is 5.83. The first-order valence-electron chi connectivity index (χ1n) is 11.6. The summed E-state index contributed by atoms with van der Waals surface area (Å²) in [6.45, 7) is 0.190. The topological polar surface area (TPSA) is 123 Å². The third-order valence-corrected chi connectivity index (χ3v) is 5.83. The van der Waals surface area contributed by atoms with Crippen LogP contribution in [0.2, 0.25) is 0 Å². The molecule has 0 aliphatic carbocycles. The van der Waals surface area contributed by atoms with Crippen molar-refractivity contribution in [3.63, 3.8) is 0 Å². The highest BCUT2D eigenvalue weighted by Gasteiger charge is 2.39. The summed E-state index contributed by atoms with van der Waals surface area (Å²) >= 11 is 0. The molecule has 4 aromatic carbocycles. The Morgan fingerprint density at radius 3 is 2.03 bits per heavy atom. The zero-order valence-electron chi connectivity index (χ0n) is 20.5. The number of rotatable bonds is 10. The van der Waals surface area contributed by atoms with Crippen molar-refractivity contribution >= 4 is 17.8 Å². The molecule has 0 saturated carbocycles. The van der Waals surface area contributed by atoms with E-state index in [9.17, 15) is 20.0 Å². The Labute approximate surface area is 219 Å². The molecule has 0 unspecified atom stereocenters. The summed E-state index contributed by atoms with van der Waals surface area (Å²) in [5.74, 6) is -0.389. The summed E-state index contributed by atoms with van der Waals surface area (Å²) in [5, 5.41) is 27.2. The number of carbonyl (C=O) groups excluding carboxylic acids is 1. The smallest absolute Gasteiger partial charge is 0.282 e. The van der Waals surface area contributed by atoms with Gasteiger partial charge in [0.1, 0.15) is 6.61 Å². The number of amides is 1. The molecular formula is C29H25N3O6. The Morgan fingerprint density at radius 2 is 1.50 bits per heavy atom. The number of nitrogens with one attached hydrogen (secondary N) is 1. The van der Waals surface area contributed by atoms with E-state index in [1.165, 1.54) is 19.2 Å². The number of hydrazone groups is 1. The van der Waals surface area contributed by atoms with Crippen molar-refractivity contribution in [1.82, 2.24) is 5.43 Å². The zero-order valence-corrected chi connectivity index (χ0v) is 20.5. The number of aliphatic hydroxyl groups is 1. The van der Waals surface area contributed by atoms with Crippen molar-refractivity contribution in [1.29, 1.82) is 0 Å². The molecule has 0 aliphatic rings. The molecule has 38 heavy (non-hydrogen) atoms. The van der Waals surface area contributed by atoms with Crippen molar-refractivity contribution in [2.45, 2.75) is 12.2 Å². The van der Waals surface area contributed by atoms with Crippen LogP contribution in [0.5, 0.6) is 11.5 Å². The van der Waals surface area contributed by atoms with Crippen molar-refractivity contribution in [3.05, 3.63) is 135 Å². The second kappa shape index (κ2) is 11.8. The molecule has 4 aromatic rings. The average molecular weight is 512 g/mol. The molecule has 0 bridgehead atoms. The lowest BCUT2D eigenvalue weighted by Crippen LogP contribution is -2.43. The van der Waals surface area contributed by atoms with E-state index in [1.54, 1.807) is 60.7 Å². The second-order valence-electron chi connectivity index (χ2n) is 8.23. The molecule has 0 aliphatic heterocycles. The maximum absolute atomic E-state index is 13.2. The molecule has 4 rings (SSSR count). The summed E-state index contributed by atoms with van der Waals surface area (Å²) in [4.78, 5) is 24.4. The van der Waals surface area contributed by atoms with Gasteiger partial charge in [-0.25, -0.2) is 5.43 Å². The SMILES string of the molecule is COc1cc(/C=N\NC(=O)C(O)(c2ccccc2)c2ccccc2)c([N+](=O)[O-])cc1OCc1ccccc1. The summed E-state index contributed by atoms with van der Waals surface area (Å²) < 4.78 is 11.1. The van der Waals surface area contributed by atoms with E-state index in [0.29, 0.717) is 11.1 Å². The Kier molecular flexibility index (Phi) is 8.10. The first-order chi connectivity index (χ1) is 18.4. The maximum Gasteiger partial charge on any atom is 0.282 e. The fraction of sp³-hybridized carbons (Fsp3) is 0.103. The number of carbonyl (C=O) groups is 1.